The van der Waals surface area contributed by atoms with Crippen LogP contribution in [0.1, 0.15) is 41.7 Å². The third-order valence-electron chi connectivity index (χ3n) is 6.00. The number of hydrogen-bond acceptors (Lipinski definition) is 1. The SMILES string of the molecule is CC.Cc1ccc2c(c1)C1(c3ccccc3Oc3ccccc31)c1ccccc1-2. The van der Waals surface area contributed by atoms with Gasteiger partial charge in [-0.1, -0.05) is 98.3 Å². The Morgan fingerprint density at radius 2 is 1.07 bits per heavy atom. The monoisotopic (exact) mass is 376 g/mol. The van der Waals surface area contributed by atoms with Gasteiger partial charge in [-0.05, 0) is 41.3 Å². The second-order valence-electron chi connectivity index (χ2n) is 7.44. The van der Waals surface area contributed by atoms with Crippen LogP contribution in [0.4, 0.5) is 0 Å². The minimum absolute atomic E-state index is 0.330. The van der Waals surface area contributed by atoms with Crippen molar-refractivity contribution < 1.29 is 4.74 Å². The van der Waals surface area contributed by atoms with E-state index in [-0.39, 0.29) is 5.41 Å². The summed E-state index contributed by atoms with van der Waals surface area (Å²) in [6.45, 7) is 6.17. The number of benzene rings is 4. The third kappa shape index (κ3) is 2.28. The van der Waals surface area contributed by atoms with Gasteiger partial charge in [-0.2, -0.15) is 0 Å². The van der Waals surface area contributed by atoms with E-state index >= 15 is 0 Å². The van der Waals surface area contributed by atoms with Crippen molar-refractivity contribution in [3.8, 4) is 22.6 Å². The van der Waals surface area contributed by atoms with Crippen LogP contribution in [-0.4, -0.2) is 0 Å². The van der Waals surface area contributed by atoms with E-state index in [4.69, 9.17) is 4.74 Å². The van der Waals surface area contributed by atoms with Gasteiger partial charge in [-0.15, -0.1) is 0 Å². The molecule has 0 bridgehead atoms. The van der Waals surface area contributed by atoms with Gasteiger partial charge in [0.05, 0.1) is 5.41 Å². The lowest BCUT2D eigenvalue weighted by atomic mass is 9.66. The predicted molar refractivity (Wildman–Crippen MR) is 120 cm³/mol. The molecule has 6 rings (SSSR count). The highest BCUT2D eigenvalue weighted by atomic mass is 16.5. The first-order chi connectivity index (χ1) is 14.3. The normalized spacial score (nSPS) is 13.9. The Labute approximate surface area is 172 Å². The summed E-state index contributed by atoms with van der Waals surface area (Å²) < 4.78 is 6.32. The Kier molecular flexibility index (Phi) is 4.06. The van der Waals surface area contributed by atoms with Crippen molar-refractivity contribution >= 4 is 0 Å². The summed E-state index contributed by atoms with van der Waals surface area (Å²) in [5.41, 5.74) is 8.73. The van der Waals surface area contributed by atoms with Crippen LogP contribution in [0.3, 0.4) is 0 Å². The fourth-order valence-corrected chi connectivity index (χ4v) is 4.97. The molecule has 142 valence electrons. The molecule has 0 radical (unpaired) electrons. The maximum absolute atomic E-state index is 6.32. The average Bonchev–Trinajstić information content (AvgIpc) is 3.06. The van der Waals surface area contributed by atoms with Crippen LogP contribution in [0.15, 0.2) is 91.0 Å². The molecule has 2 aliphatic rings. The van der Waals surface area contributed by atoms with Crippen LogP contribution in [0, 0.1) is 6.92 Å². The van der Waals surface area contributed by atoms with Gasteiger partial charge in [0.1, 0.15) is 11.5 Å². The van der Waals surface area contributed by atoms with E-state index < -0.39 is 0 Å². The zero-order chi connectivity index (χ0) is 20.0. The molecule has 1 heteroatoms. The van der Waals surface area contributed by atoms with Gasteiger partial charge in [0.2, 0.25) is 0 Å². The first-order valence-corrected chi connectivity index (χ1v) is 10.4. The van der Waals surface area contributed by atoms with Gasteiger partial charge >= 0.3 is 0 Å². The zero-order valence-corrected chi connectivity index (χ0v) is 17.1. The minimum atomic E-state index is -0.330. The molecule has 0 aromatic heterocycles. The molecule has 29 heavy (non-hydrogen) atoms. The number of hydrogen-bond donors (Lipinski definition) is 0. The van der Waals surface area contributed by atoms with Crippen LogP contribution >= 0.6 is 0 Å². The number of para-hydroxylation sites is 2. The van der Waals surface area contributed by atoms with Gasteiger partial charge in [-0.25, -0.2) is 0 Å². The van der Waals surface area contributed by atoms with E-state index in [1.54, 1.807) is 0 Å². The summed E-state index contributed by atoms with van der Waals surface area (Å²) in [7, 11) is 0. The molecule has 0 N–H and O–H groups in total. The topological polar surface area (TPSA) is 9.23 Å². The number of fused-ring (bicyclic) bond motifs is 9. The molecule has 0 fully saturated rings. The van der Waals surface area contributed by atoms with Crippen LogP contribution in [0.2, 0.25) is 0 Å². The Balaban J connectivity index is 0.000000882. The molecule has 1 heterocycles. The first-order valence-electron chi connectivity index (χ1n) is 10.4. The van der Waals surface area contributed by atoms with Crippen molar-refractivity contribution in [2.75, 3.05) is 0 Å². The summed E-state index contributed by atoms with van der Waals surface area (Å²) >= 11 is 0. The van der Waals surface area contributed by atoms with E-state index in [2.05, 4.69) is 97.9 Å². The molecule has 1 nitrogen and oxygen atoms in total. The molecule has 0 atom stereocenters. The van der Waals surface area contributed by atoms with Gasteiger partial charge in [-0.3, -0.25) is 0 Å². The Morgan fingerprint density at radius 1 is 0.552 bits per heavy atom. The Morgan fingerprint density at radius 3 is 1.72 bits per heavy atom. The van der Waals surface area contributed by atoms with Crippen molar-refractivity contribution in [2.24, 2.45) is 0 Å². The van der Waals surface area contributed by atoms with Crippen molar-refractivity contribution in [3.63, 3.8) is 0 Å². The number of aryl methyl sites for hydroxylation is 1. The van der Waals surface area contributed by atoms with Gasteiger partial charge in [0, 0.05) is 11.1 Å². The highest BCUT2D eigenvalue weighted by molar-refractivity contribution is 5.88. The predicted octanol–water partition coefficient (Wildman–Crippen LogP) is 7.49. The van der Waals surface area contributed by atoms with E-state index in [0.29, 0.717) is 0 Å². The van der Waals surface area contributed by atoms with Crippen molar-refractivity contribution in [3.05, 3.63) is 119 Å². The maximum atomic E-state index is 6.32. The molecular weight excluding hydrogens is 352 g/mol. The van der Waals surface area contributed by atoms with Gasteiger partial charge < -0.3 is 4.74 Å². The van der Waals surface area contributed by atoms with Gasteiger partial charge in [0.15, 0.2) is 0 Å². The fourth-order valence-electron chi connectivity index (χ4n) is 4.97. The zero-order valence-electron chi connectivity index (χ0n) is 17.1. The van der Waals surface area contributed by atoms with Crippen molar-refractivity contribution in [1.82, 2.24) is 0 Å². The molecule has 4 aromatic rings. The standard InChI is InChI=1S/C26H18O.C2H6/c1-17-14-15-19-18-8-2-3-9-20(18)26(23(19)16-17)21-10-4-6-12-24(21)27-25-13-7-5-11-22(25)26;1-2/h2-16H,1H3;1-2H3. The lowest BCUT2D eigenvalue weighted by molar-refractivity contribution is 0.436. The van der Waals surface area contributed by atoms with Crippen LogP contribution < -0.4 is 4.74 Å². The Hall–Kier alpha value is -3.32. The van der Waals surface area contributed by atoms with Crippen LogP contribution in [-0.2, 0) is 5.41 Å². The van der Waals surface area contributed by atoms with Crippen LogP contribution in [0.25, 0.3) is 11.1 Å². The third-order valence-corrected chi connectivity index (χ3v) is 6.00. The van der Waals surface area contributed by atoms with E-state index in [1.165, 1.54) is 38.9 Å². The molecule has 0 saturated heterocycles. The molecule has 0 amide bonds. The largest absolute Gasteiger partial charge is 0.457 e. The van der Waals surface area contributed by atoms with Crippen LogP contribution in [0.5, 0.6) is 11.5 Å². The smallest absolute Gasteiger partial charge is 0.132 e. The second kappa shape index (κ2) is 6.63. The Bertz CT molecular complexity index is 1170. The molecular formula is C28H24O. The highest BCUT2D eigenvalue weighted by Crippen LogP contribution is 2.61. The maximum Gasteiger partial charge on any atom is 0.132 e. The number of rotatable bonds is 0. The molecule has 0 saturated carbocycles. The molecule has 1 spiro atoms. The first kappa shape index (κ1) is 17.8. The summed E-state index contributed by atoms with van der Waals surface area (Å²) in [5.74, 6) is 1.89. The second-order valence-corrected chi connectivity index (χ2v) is 7.44. The summed E-state index contributed by atoms with van der Waals surface area (Å²) in [5, 5.41) is 0. The minimum Gasteiger partial charge on any atom is -0.457 e. The van der Waals surface area contributed by atoms with E-state index in [0.717, 1.165) is 11.5 Å². The molecule has 1 aliphatic heterocycles. The molecule has 4 aromatic carbocycles. The highest BCUT2D eigenvalue weighted by Gasteiger charge is 2.50. The summed E-state index contributed by atoms with van der Waals surface area (Å²) in [4.78, 5) is 0. The fraction of sp³-hybridized carbons (Fsp3) is 0.143. The summed E-state index contributed by atoms with van der Waals surface area (Å²) in [6.07, 6.45) is 0. The number of ether oxygens (including phenoxy) is 1. The molecule has 1 aliphatic carbocycles. The summed E-state index contributed by atoms with van der Waals surface area (Å²) in [6, 6.07) is 32.6. The average molecular weight is 376 g/mol. The van der Waals surface area contributed by atoms with Crippen molar-refractivity contribution in [2.45, 2.75) is 26.2 Å². The van der Waals surface area contributed by atoms with E-state index in [9.17, 15) is 0 Å². The van der Waals surface area contributed by atoms with Gasteiger partial charge in [0.25, 0.3) is 0 Å². The molecule has 0 unspecified atom stereocenters. The lowest BCUT2D eigenvalue weighted by Crippen LogP contribution is -2.32. The lowest BCUT2D eigenvalue weighted by Gasteiger charge is -2.39. The van der Waals surface area contributed by atoms with Crippen molar-refractivity contribution in [1.29, 1.82) is 0 Å². The van der Waals surface area contributed by atoms with E-state index in [1.807, 2.05) is 13.8 Å². The quantitative estimate of drug-likeness (QED) is 0.267.